The Labute approximate surface area is 388 Å². The molecule has 5 heterocycles. The predicted molar refractivity (Wildman–Crippen MR) is 282 cm³/mol. The Bertz CT molecular complexity index is 4090. The van der Waals surface area contributed by atoms with Gasteiger partial charge in [-0.3, -0.25) is 0 Å². The summed E-state index contributed by atoms with van der Waals surface area (Å²) in [7, 11) is 2.45. The van der Waals surface area contributed by atoms with Crippen LogP contribution in [0.1, 0.15) is 78.0 Å². The summed E-state index contributed by atoms with van der Waals surface area (Å²) >= 11 is 1.87. The number of furan rings is 2. The van der Waals surface area contributed by atoms with Gasteiger partial charge in [-0.05, 0) is 117 Å². The lowest BCUT2D eigenvalue weighted by atomic mass is 9.59. The van der Waals surface area contributed by atoms with Crippen molar-refractivity contribution in [2.45, 2.75) is 77.6 Å². The first-order valence-corrected chi connectivity index (χ1v) is 24.3. The van der Waals surface area contributed by atoms with Crippen LogP contribution in [0.5, 0.6) is 0 Å². The van der Waals surface area contributed by atoms with Gasteiger partial charge in [0.2, 0.25) is 0 Å². The number of hydrogen-bond acceptors (Lipinski definition) is 4. The van der Waals surface area contributed by atoms with Gasteiger partial charge in [-0.25, -0.2) is 0 Å². The lowest BCUT2D eigenvalue weighted by molar-refractivity contribution is 0.332. The van der Waals surface area contributed by atoms with Crippen LogP contribution < -0.4 is 16.2 Å². The number of aromatic nitrogens is 1. The van der Waals surface area contributed by atoms with E-state index in [9.17, 15) is 0 Å². The minimum atomic E-state index is 0.0545. The second-order valence-corrected chi connectivity index (χ2v) is 22.6. The van der Waals surface area contributed by atoms with Crippen LogP contribution in [-0.4, -0.2) is 11.8 Å². The van der Waals surface area contributed by atoms with E-state index in [0.29, 0.717) is 0 Å². The molecule has 0 atom stereocenters. The van der Waals surface area contributed by atoms with Gasteiger partial charge in [-0.1, -0.05) is 115 Å². The Morgan fingerprint density at radius 1 is 0.561 bits per heavy atom. The van der Waals surface area contributed by atoms with Crippen LogP contribution in [-0.2, 0) is 16.2 Å². The molecule has 2 aliphatic rings. The molecule has 14 rings (SSSR count). The van der Waals surface area contributed by atoms with Crippen molar-refractivity contribution in [3.05, 3.63) is 150 Å². The SMILES string of the molecule is CC(C)(C)c1ccc(Nc2cc3oc4cc5c(cc4c3cc2-c2ccc3c4cc6c(cc4n4c3c2[B]c2cc3sc7ccccc7c3cc2-4)oc2ccccc26)C(C)(C)CCC5(C)C)cc1. The van der Waals surface area contributed by atoms with Crippen molar-refractivity contribution in [3.63, 3.8) is 0 Å². The largest absolute Gasteiger partial charge is 0.456 e. The van der Waals surface area contributed by atoms with Crippen LogP contribution in [0, 0.1) is 0 Å². The molecule has 1 radical (unpaired) electrons. The highest BCUT2D eigenvalue weighted by Gasteiger charge is 2.38. The molecule has 0 fully saturated rings. The molecule has 1 aliphatic heterocycles. The number of anilines is 2. The Balaban J connectivity index is 1.07. The van der Waals surface area contributed by atoms with Gasteiger partial charge in [-0.15, -0.1) is 11.3 Å². The van der Waals surface area contributed by atoms with E-state index in [0.717, 1.165) is 73.8 Å². The highest BCUT2D eigenvalue weighted by Crippen LogP contribution is 2.50. The third kappa shape index (κ3) is 5.39. The maximum atomic E-state index is 6.92. The average molecular weight is 872 g/mol. The summed E-state index contributed by atoms with van der Waals surface area (Å²) in [5.74, 6) is 0. The van der Waals surface area contributed by atoms with Crippen molar-refractivity contribution in [3.8, 4) is 16.8 Å². The third-order valence-electron chi connectivity index (χ3n) is 15.4. The van der Waals surface area contributed by atoms with Crippen LogP contribution in [0.3, 0.4) is 0 Å². The first-order chi connectivity index (χ1) is 31.8. The molecule has 66 heavy (non-hydrogen) atoms. The van der Waals surface area contributed by atoms with E-state index < -0.39 is 0 Å². The third-order valence-corrected chi connectivity index (χ3v) is 16.6. The van der Waals surface area contributed by atoms with Crippen molar-refractivity contribution in [2.24, 2.45) is 0 Å². The number of benzene rings is 8. The molecule has 8 aromatic carbocycles. The van der Waals surface area contributed by atoms with Crippen LogP contribution >= 0.6 is 11.3 Å². The minimum absolute atomic E-state index is 0.0545. The van der Waals surface area contributed by atoms with Gasteiger partial charge in [0.15, 0.2) is 7.28 Å². The minimum Gasteiger partial charge on any atom is -0.456 e. The number of nitrogens with zero attached hydrogens (tertiary/aromatic N) is 1. The molecule has 0 saturated carbocycles. The maximum Gasteiger partial charge on any atom is 0.197 e. The van der Waals surface area contributed by atoms with Gasteiger partial charge >= 0.3 is 0 Å². The number of thiophene rings is 1. The Kier molecular flexibility index (Phi) is 7.58. The van der Waals surface area contributed by atoms with E-state index in [1.165, 1.54) is 80.7 Å². The quantitative estimate of drug-likeness (QED) is 0.180. The van der Waals surface area contributed by atoms with E-state index >= 15 is 0 Å². The number of fused-ring (bicyclic) bond motifs is 15. The first-order valence-electron chi connectivity index (χ1n) is 23.4. The van der Waals surface area contributed by atoms with Crippen molar-refractivity contribution in [1.82, 2.24) is 4.57 Å². The van der Waals surface area contributed by atoms with Crippen LogP contribution in [0.15, 0.2) is 142 Å². The van der Waals surface area contributed by atoms with Crippen molar-refractivity contribution in [2.75, 3.05) is 5.32 Å². The molecule has 4 aromatic heterocycles. The van der Waals surface area contributed by atoms with E-state index in [1.807, 2.05) is 11.3 Å². The molecule has 6 heteroatoms. The highest BCUT2D eigenvalue weighted by atomic mass is 32.1. The molecule has 0 bridgehead atoms. The Morgan fingerprint density at radius 2 is 1.24 bits per heavy atom. The van der Waals surface area contributed by atoms with Crippen molar-refractivity contribution < 1.29 is 8.83 Å². The maximum absolute atomic E-state index is 6.92. The van der Waals surface area contributed by atoms with Gasteiger partial charge < -0.3 is 18.7 Å². The van der Waals surface area contributed by atoms with Crippen LogP contribution in [0.2, 0.25) is 0 Å². The lowest BCUT2D eigenvalue weighted by Crippen LogP contribution is -2.37. The highest BCUT2D eigenvalue weighted by molar-refractivity contribution is 7.26. The van der Waals surface area contributed by atoms with E-state index in [-0.39, 0.29) is 16.2 Å². The molecule has 12 aromatic rings. The summed E-state index contributed by atoms with van der Waals surface area (Å²) < 4.78 is 18.6. The number of nitrogens with one attached hydrogen (secondary N) is 1. The predicted octanol–water partition coefficient (Wildman–Crippen LogP) is 16.0. The fourth-order valence-corrected chi connectivity index (χ4v) is 12.8. The lowest BCUT2D eigenvalue weighted by Gasteiger charge is -2.41. The zero-order valence-corrected chi connectivity index (χ0v) is 39.2. The first kappa shape index (κ1) is 38.5. The van der Waals surface area contributed by atoms with Crippen molar-refractivity contribution >= 4 is 127 Å². The summed E-state index contributed by atoms with van der Waals surface area (Å²) in [6, 6.07) is 49.8. The summed E-state index contributed by atoms with van der Waals surface area (Å²) in [4.78, 5) is 0. The van der Waals surface area contributed by atoms with Crippen LogP contribution in [0.25, 0.3) is 103 Å². The second kappa shape index (κ2) is 13.0. The van der Waals surface area contributed by atoms with Crippen molar-refractivity contribution in [1.29, 1.82) is 0 Å². The molecule has 0 spiro atoms. The number of rotatable bonds is 3. The summed E-state index contributed by atoms with van der Waals surface area (Å²) in [5, 5.41) is 13.6. The number of hydrogen-bond donors (Lipinski definition) is 1. The number of para-hydroxylation sites is 1. The van der Waals surface area contributed by atoms with Gasteiger partial charge in [0.1, 0.15) is 22.3 Å². The fourth-order valence-electron chi connectivity index (χ4n) is 11.6. The zero-order chi connectivity index (χ0) is 44.6. The Morgan fingerprint density at radius 3 is 2.05 bits per heavy atom. The average Bonchev–Trinajstić information content (AvgIpc) is 4.05. The van der Waals surface area contributed by atoms with E-state index in [1.54, 1.807) is 0 Å². The second-order valence-electron chi connectivity index (χ2n) is 21.5. The van der Waals surface area contributed by atoms with Gasteiger partial charge in [0, 0.05) is 87.1 Å². The van der Waals surface area contributed by atoms with Gasteiger partial charge in [0.25, 0.3) is 0 Å². The topological polar surface area (TPSA) is 43.2 Å². The van der Waals surface area contributed by atoms with Crippen LogP contribution in [0.4, 0.5) is 11.4 Å². The smallest absolute Gasteiger partial charge is 0.197 e. The standard InChI is InChI=1S/C60H48BN2O2S/c1-58(2,3)32-16-18-33(19-17-32)62-47-30-52-41(42-26-44-45(28-51(42)65-52)60(6,7)23-22-59(44,4)5)24-38(47)36-20-21-37-39-25-40-34-12-8-10-14-50(34)64-53(40)31-48(39)63-49-27-43-35-13-9-11-15-54(35)66-55(43)29-46(49)61-56(36)57(37)63/h8-21,24-31,62H,22-23H2,1-7H3. The summed E-state index contributed by atoms with van der Waals surface area (Å²) in [5.41, 5.74) is 18.3. The van der Waals surface area contributed by atoms with Gasteiger partial charge in [0.05, 0.1) is 11.2 Å². The molecule has 319 valence electrons. The normalized spacial score (nSPS) is 15.4. The molecule has 0 unspecified atom stereocenters. The molecule has 4 nitrogen and oxygen atoms in total. The zero-order valence-electron chi connectivity index (χ0n) is 38.4. The molecular weight excluding hydrogens is 824 g/mol. The Hall–Kier alpha value is -6.76. The molecular formula is C60H48BN2O2S. The van der Waals surface area contributed by atoms with Gasteiger partial charge in [-0.2, -0.15) is 0 Å². The monoisotopic (exact) mass is 871 g/mol. The molecule has 1 aliphatic carbocycles. The molecule has 0 saturated heterocycles. The summed E-state index contributed by atoms with van der Waals surface area (Å²) in [6.07, 6.45) is 2.32. The summed E-state index contributed by atoms with van der Waals surface area (Å²) in [6.45, 7) is 16.4. The molecule has 0 amide bonds. The fraction of sp³-hybridized carbons (Fsp3) is 0.200. The van der Waals surface area contributed by atoms with E-state index in [2.05, 4.69) is 199 Å². The van der Waals surface area contributed by atoms with E-state index in [4.69, 9.17) is 8.83 Å². The molecule has 1 N–H and O–H groups in total.